The molecular weight excluding hydrogens is 189 g/mol. The molecule has 13 heavy (non-hydrogen) atoms. The molecule has 0 aliphatic rings. The van der Waals surface area contributed by atoms with E-state index in [0.29, 0.717) is 6.04 Å². The highest BCUT2D eigenvalue weighted by atomic mass is 35.5. The zero-order chi connectivity index (χ0) is 9.84. The Morgan fingerprint density at radius 2 is 2.23 bits per heavy atom. The molecule has 0 saturated heterocycles. The lowest BCUT2D eigenvalue weighted by molar-refractivity contribution is 0.603. The van der Waals surface area contributed by atoms with Crippen molar-refractivity contribution in [2.75, 3.05) is 7.05 Å². The number of nitrogens with one attached hydrogen (secondary N) is 1. The van der Waals surface area contributed by atoms with Gasteiger partial charge < -0.3 is 5.32 Å². The predicted octanol–water partition coefficient (Wildman–Crippen LogP) is 2.63. The van der Waals surface area contributed by atoms with Crippen LogP contribution in [0.15, 0.2) is 18.2 Å². The monoisotopic (exact) mass is 201 g/mol. The lowest BCUT2D eigenvalue weighted by atomic mass is 10.1. The van der Waals surface area contributed by atoms with Gasteiger partial charge in [0.25, 0.3) is 0 Å². The van der Waals surface area contributed by atoms with Gasteiger partial charge in [-0.2, -0.15) is 0 Å². The van der Waals surface area contributed by atoms with Crippen molar-refractivity contribution in [1.82, 2.24) is 5.32 Å². The van der Waals surface area contributed by atoms with Crippen LogP contribution in [0.1, 0.15) is 12.5 Å². The Morgan fingerprint density at radius 3 is 2.77 bits per heavy atom. The van der Waals surface area contributed by atoms with Crippen LogP contribution in [0.3, 0.4) is 0 Å². The lowest BCUT2D eigenvalue weighted by Gasteiger charge is -2.09. The minimum atomic E-state index is -0.359. The van der Waals surface area contributed by atoms with Crippen molar-refractivity contribution in [1.29, 1.82) is 0 Å². The summed E-state index contributed by atoms with van der Waals surface area (Å²) in [6.07, 6.45) is 0.858. The average Bonchev–Trinajstić information content (AvgIpc) is 2.11. The standard InChI is InChI=1S/C10H13ClFN/c1-7(13-2)5-8-3-4-10(12)9(11)6-8/h3-4,6-7,13H,5H2,1-2H3. The summed E-state index contributed by atoms with van der Waals surface area (Å²) in [5, 5.41) is 3.31. The van der Waals surface area contributed by atoms with Gasteiger partial charge in [-0.05, 0) is 38.1 Å². The molecular formula is C10H13ClFN. The summed E-state index contributed by atoms with van der Waals surface area (Å²) in [5.74, 6) is -0.359. The summed E-state index contributed by atoms with van der Waals surface area (Å²) < 4.78 is 12.8. The van der Waals surface area contributed by atoms with Gasteiger partial charge in [0, 0.05) is 6.04 Å². The zero-order valence-electron chi connectivity index (χ0n) is 7.77. The van der Waals surface area contributed by atoms with Crippen LogP contribution in [0, 0.1) is 5.82 Å². The number of hydrogen-bond donors (Lipinski definition) is 1. The second kappa shape index (κ2) is 4.58. The third-order valence-electron chi connectivity index (χ3n) is 2.02. The van der Waals surface area contributed by atoms with Crippen LogP contribution in [-0.2, 0) is 6.42 Å². The summed E-state index contributed by atoms with van der Waals surface area (Å²) >= 11 is 5.65. The van der Waals surface area contributed by atoms with E-state index in [1.54, 1.807) is 12.1 Å². The Balaban J connectivity index is 2.73. The molecule has 0 aromatic heterocycles. The first-order valence-electron chi connectivity index (χ1n) is 4.24. The minimum absolute atomic E-state index is 0.195. The van der Waals surface area contributed by atoms with Gasteiger partial charge >= 0.3 is 0 Å². The minimum Gasteiger partial charge on any atom is -0.317 e. The molecule has 1 aromatic carbocycles. The maximum Gasteiger partial charge on any atom is 0.141 e. The van der Waals surface area contributed by atoms with Crippen molar-refractivity contribution in [3.05, 3.63) is 34.6 Å². The van der Waals surface area contributed by atoms with Crippen LogP contribution in [-0.4, -0.2) is 13.1 Å². The molecule has 0 aliphatic heterocycles. The molecule has 0 radical (unpaired) electrons. The Bertz CT molecular complexity index is 288. The fourth-order valence-electron chi connectivity index (χ4n) is 1.12. The van der Waals surface area contributed by atoms with Crippen molar-refractivity contribution in [3.63, 3.8) is 0 Å². The SMILES string of the molecule is CNC(C)Cc1ccc(F)c(Cl)c1. The van der Waals surface area contributed by atoms with Crippen LogP contribution < -0.4 is 5.32 Å². The Kier molecular flexibility index (Phi) is 3.70. The number of hydrogen-bond acceptors (Lipinski definition) is 1. The highest BCUT2D eigenvalue weighted by Crippen LogP contribution is 2.16. The first-order chi connectivity index (χ1) is 6.13. The molecule has 1 aromatic rings. The van der Waals surface area contributed by atoms with Crippen molar-refractivity contribution in [2.24, 2.45) is 0 Å². The van der Waals surface area contributed by atoms with Crippen LogP contribution >= 0.6 is 11.6 Å². The zero-order valence-corrected chi connectivity index (χ0v) is 8.53. The van der Waals surface area contributed by atoms with Crippen LogP contribution in [0.25, 0.3) is 0 Å². The van der Waals surface area contributed by atoms with E-state index in [-0.39, 0.29) is 10.8 Å². The number of rotatable bonds is 3. The van der Waals surface area contributed by atoms with E-state index in [9.17, 15) is 4.39 Å². The number of halogens is 2. The summed E-state index contributed by atoms with van der Waals surface area (Å²) in [4.78, 5) is 0. The maximum atomic E-state index is 12.8. The van der Waals surface area contributed by atoms with Gasteiger partial charge in [-0.25, -0.2) is 4.39 Å². The molecule has 0 aliphatic carbocycles. The van der Waals surface area contributed by atoms with Gasteiger partial charge in [-0.15, -0.1) is 0 Å². The molecule has 1 nitrogen and oxygen atoms in total. The van der Waals surface area contributed by atoms with Crippen molar-refractivity contribution in [2.45, 2.75) is 19.4 Å². The van der Waals surface area contributed by atoms with E-state index >= 15 is 0 Å². The van der Waals surface area contributed by atoms with Gasteiger partial charge in [0.1, 0.15) is 5.82 Å². The molecule has 1 atom stereocenters. The predicted molar refractivity (Wildman–Crippen MR) is 53.6 cm³/mol. The first kappa shape index (κ1) is 10.5. The fraction of sp³-hybridized carbons (Fsp3) is 0.400. The topological polar surface area (TPSA) is 12.0 Å². The normalized spacial score (nSPS) is 12.9. The fourth-order valence-corrected chi connectivity index (χ4v) is 1.33. The summed E-state index contributed by atoms with van der Waals surface area (Å²) in [6, 6.07) is 5.21. The molecule has 72 valence electrons. The van der Waals surface area contributed by atoms with E-state index in [4.69, 9.17) is 11.6 Å². The molecule has 1 N–H and O–H groups in total. The van der Waals surface area contributed by atoms with Crippen molar-refractivity contribution >= 4 is 11.6 Å². The van der Waals surface area contributed by atoms with Gasteiger partial charge in [0.15, 0.2) is 0 Å². The molecule has 0 fully saturated rings. The highest BCUT2D eigenvalue weighted by Gasteiger charge is 2.03. The Labute approximate surface area is 82.9 Å². The summed E-state index contributed by atoms with van der Waals surface area (Å²) in [6.45, 7) is 2.07. The van der Waals surface area contributed by atoms with E-state index < -0.39 is 0 Å². The average molecular weight is 202 g/mol. The van der Waals surface area contributed by atoms with E-state index in [1.165, 1.54) is 6.07 Å². The van der Waals surface area contributed by atoms with Crippen LogP contribution in [0.5, 0.6) is 0 Å². The Morgan fingerprint density at radius 1 is 1.54 bits per heavy atom. The second-order valence-corrected chi connectivity index (χ2v) is 3.55. The largest absolute Gasteiger partial charge is 0.317 e. The molecule has 0 saturated carbocycles. The van der Waals surface area contributed by atoms with E-state index in [2.05, 4.69) is 12.2 Å². The second-order valence-electron chi connectivity index (χ2n) is 3.14. The van der Waals surface area contributed by atoms with Gasteiger partial charge in [0.2, 0.25) is 0 Å². The first-order valence-corrected chi connectivity index (χ1v) is 4.62. The van der Waals surface area contributed by atoms with E-state index in [0.717, 1.165) is 12.0 Å². The van der Waals surface area contributed by atoms with Crippen molar-refractivity contribution < 1.29 is 4.39 Å². The molecule has 0 bridgehead atoms. The molecule has 0 heterocycles. The number of benzene rings is 1. The molecule has 0 spiro atoms. The summed E-state index contributed by atoms with van der Waals surface area (Å²) in [5.41, 5.74) is 1.05. The third-order valence-corrected chi connectivity index (χ3v) is 2.31. The molecule has 3 heteroatoms. The lowest BCUT2D eigenvalue weighted by Crippen LogP contribution is -2.23. The highest BCUT2D eigenvalue weighted by molar-refractivity contribution is 6.30. The number of likely N-dealkylation sites (N-methyl/N-ethyl adjacent to an activating group) is 1. The maximum absolute atomic E-state index is 12.8. The molecule has 1 unspecified atom stereocenters. The quantitative estimate of drug-likeness (QED) is 0.793. The van der Waals surface area contributed by atoms with Crippen LogP contribution in [0.2, 0.25) is 5.02 Å². The molecule has 1 rings (SSSR count). The van der Waals surface area contributed by atoms with Gasteiger partial charge in [-0.3, -0.25) is 0 Å². The Hall–Kier alpha value is -0.600. The smallest absolute Gasteiger partial charge is 0.141 e. The molecule has 0 amide bonds. The third kappa shape index (κ3) is 2.98. The van der Waals surface area contributed by atoms with Gasteiger partial charge in [0.05, 0.1) is 5.02 Å². The summed E-state index contributed by atoms with van der Waals surface area (Å²) in [7, 11) is 1.90. The van der Waals surface area contributed by atoms with Crippen LogP contribution in [0.4, 0.5) is 4.39 Å². The van der Waals surface area contributed by atoms with E-state index in [1.807, 2.05) is 7.05 Å². The van der Waals surface area contributed by atoms with Crippen molar-refractivity contribution in [3.8, 4) is 0 Å². The van der Waals surface area contributed by atoms with Gasteiger partial charge in [-0.1, -0.05) is 17.7 Å².